The summed E-state index contributed by atoms with van der Waals surface area (Å²) in [6, 6.07) is 11.3. The lowest BCUT2D eigenvalue weighted by molar-refractivity contribution is 0.0958. The first-order chi connectivity index (χ1) is 16.6. The normalized spacial score (nSPS) is 21.6. The molecule has 1 saturated heterocycles. The molecule has 0 aliphatic carbocycles. The van der Waals surface area contributed by atoms with Crippen LogP contribution in [0.25, 0.3) is 5.57 Å². The van der Waals surface area contributed by atoms with Crippen LogP contribution in [0.15, 0.2) is 48.8 Å². The number of carbonyl (C=O) groups excluding carboxylic acids is 1. The van der Waals surface area contributed by atoms with Crippen LogP contribution >= 0.6 is 0 Å². The van der Waals surface area contributed by atoms with Crippen LogP contribution in [0.3, 0.4) is 0 Å². The van der Waals surface area contributed by atoms with Crippen LogP contribution in [0.2, 0.25) is 0 Å². The number of anilines is 1. The Labute approximate surface area is 197 Å². The predicted molar refractivity (Wildman–Crippen MR) is 128 cm³/mol. The van der Waals surface area contributed by atoms with Crippen molar-refractivity contribution in [2.45, 2.75) is 38.4 Å². The summed E-state index contributed by atoms with van der Waals surface area (Å²) in [5.74, 6) is -0.0657. The number of carbonyl (C=O) groups is 1. The third-order valence-electron chi connectivity index (χ3n) is 7.12. The Balaban J connectivity index is 1.48. The lowest BCUT2D eigenvalue weighted by Crippen LogP contribution is -2.36. The van der Waals surface area contributed by atoms with Gasteiger partial charge in [0.2, 0.25) is 0 Å². The number of benzene rings is 2. The molecule has 1 aromatic heterocycles. The van der Waals surface area contributed by atoms with Crippen LogP contribution in [0.5, 0.6) is 0 Å². The number of nitrogens with one attached hydrogen (secondary N) is 2. The molecule has 1 fully saturated rings. The van der Waals surface area contributed by atoms with E-state index in [9.17, 15) is 9.18 Å². The van der Waals surface area contributed by atoms with E-state index >= 15 is 0 Å². The number of aryl methyl sites for hydroxylation is 1. The highest BCUT2D eigenvalue weighted by Crippen LogP contribution is 2.50. The van der Waals surface area contributed by atoms with Crippen molar-refractivity contribution in [2.24, 2.45) is 0 Å². The summed E-state index contributed by atoms with van der Waals surface area (Å²) in [5, 5.41) is 10.9. The van der Waals surface area contributed by atoms with Crippen molar-refractivity contribution in [2.75, 3.05) is 25.0 Å². The molecule has 3 aromatic rings. The van der Waals surface area contributed by atoms with E-state index < -0.39 is 5.82 Å². The van der Waals surface area contributed by atoms with Gasteiger partial charge in [0.25, 0.3) is 5.91 Å². The van der Waals surface area contributed by atoms with Gasteiger partial charge in [-0.15, -0.1) is 0 Å². The molecule has 6 rings (SSSR count). The number of hydrogen-bond donors (Lipinski definition) is 2. The first-order valence-electron chi connectivity index (χ1n) is 11.9. The summed E-state index contributed by atoms with van der Waals surface area (Å²) in [6.07, 6.45) is 4.89. The number of aromatic nitrogens is 3. The largest absolute Gasteiger partial charge is 0.377 e. The van der Waals surface area contributed by atoms with Crippen LogP contribution in [0, 0.1) is 5.82 Å². The van der Waals surface area contributed by atoms with Crippen molar-refractivity contribution in [1.29, 1.82) is 0 Å². The minimum Gasteiger partial charge on any atom is -0.377 e. The molecule has 3 aliphatic rings. The van der Waals surface area contributed by atoms with E-state index in [-0.39, 0.29) is 17.9 Å². The maximum absolute atomic E-state index is 14.6. The van der Waals surface area contributed by atoms with Crippen molar-refractivity contribution >= 4 is 17.2 Å². The van der Waals surface area contributed by atoms with Gasteiger partial charge in [-0.3, -0.25) is 9.69 Å². The predicted octanol–water partition coefficient (Wildman–Crippen LogP) is 3.72. The van der Waals surface area contributed by atoms with Gasteiger partial charge in [0.1, 0.15) is 18.0 Å². The van der Waals surface area contributed by atoms with Crippen molar-refractivity contribution in [3.05, 3.63) is 82.7 Å². The van der Waals surface area contributed by atoms with Gasteiger partial charge in [0, 0.05) is 30.9 Å². The summed E-state index contributed by atoms with van der Waals surface area (Å²) in [5.41, 5.74) is 5.07. The molecule has 0 radical (unpaired) electrons. The van der Waals surface area contributed by atoms with Gasteiger partial charge < -0.3 is 10.6 Å². The molecular weight excluding hydrogens is 431 g/mol. The van der Waals surface area contributed by atoms with Crippen molar-refractivity contribution in [3.8, 4) is 0 Å². The van der Waals surface area contributed by atoms with E-state index in [1.54, 1.807) is 6.33 Å². The summed E-state index contributed by atoms with van der Waals surface area (Å²) < 4.78 is 16.5. The summed E-state index contributed by atoms with van der Waals surface area (Å²) in [4.78, 5) is 19.8. The highest BCUT2D eigenvalue weighted by Gasteiger charge is 2.40. The molecule has 2 aromatic carbocycles. The van der Waals surface area contributed by atoms with Gasteiger partial charge >= 0.3 is 0 Å². The van der Waals surface area contributed by atoms with Gasteiger partial charge in [-0.05, 0) is 55.3 Å². The topological polar surface area (TPSA) is 75.1 Å². The third kappa shape index (κ3) is 3.49. The molecule has 0 bridgehead atoms. The summed E-state index contributed by atoms with van der Waals surface area (Å²) in [7, 11) is 0. The maximum Gasteiger partial charge on any atom is 0.252 e. The van der Waals surface area contributed by atoms with Crippen LogP contribution in [0.1, 0.15) is 58.2 Å². The van der Waals surface area contributed by atoms with E-state index in [0.29, 0.717) is 24.3 Å². The minimum atomic E-state index is -0.434. The zero-order valence-electron chi connectivity index (χ0n) is 19.1. The number of rotatable bonds is 5. The number of likely N-dealkylation sites (tertiary alicyclic amines) is 1. The number of hydrogen-bond acceptors (Lipinski definition) is 5. The van der Waals surface area contributed by atoms with E-state index in [1.807, 2.05) is 17.7 Å². The Morgan fingerprint density at radius 3 is 2.74 bits per heavy atom. The van der Waals surface area contributed by atoms with E-state index in [2.05, 4.69) is 49.9 Å². The number of halogens is 1. The van der Waals surface area contributed by atoms with Crippen LogP contribution in [0.4, 0.5) is 10.1 Å². The average Bonchev–Trinajstić information content (AvgIpc) is 3.22. The Hall–Kier alpha value is -3.52. The molecule has 4 heterocycles. The monoisotopic (exact) mass is 458 g/mol. The van der Waals surface area contributed by atoms with Crippen LogP contribution in [-0.4, -0.2) is 45.2 Å². The first-order valence-corrected chi connectivity index (χ1v) is 11.9. The molecule has 34 heavy (non-hydrogen) atoms. The fourth-order valence-corrected chi connectivity index (χ4v) is 5.32. The van der Waals surface area contributed by atoms with Gasteiger partial charge in [-0.1, -0.05) is 30.3 Å². The first kappa shape index (κ1) is 21.0. The highest BCUT2D eigenvalue weighted by molar-refractivity contribution is 6.04. The molecule has 8 heteroatoms. The smallest absolute Gasteiger partial charge is 0.252 e. The Bertz CT molecular complexity index is 1280. The van der Waals surface area contributed by atoms with Crippen molar-refractivity contribution in [3.63, 3.8) is 0 Å². The fourth-order valence-electron chi connectivity index (χ4n) is 5.32. The number of nitrogens with zero attached hydrogens (tertiary/aromatic N) is 4. The molecule has 3 aliphatic heterocycles. The maximum atomic E-state index is 14.6. The molecular formula is C26H27FN6O. The van der Waals surface area contributed by atoms with Gasteiger partial charge in [-0.25, -0.2) is 14.1 Å². The zero-order valence-corrected chi connectivity index (χ0v) is 19.1. The standard InChI is InChI=1S/C26H27FN6O/c1-2-33-25(29-15-30-33)23-19-8-9-28-26(34)20-12-18(27)13-21(22(19)20)31-24(23)17-6-4-16(5-7-17)14-32-10-3-11-32/h4-8,12-13,15,23-24,31H,2-3,9-11,14H2,1H3,(H,28,34). The second kappa shape index (κ2) is 8.36. The van der Waals surface area contributed by atoms with Gasteiger partial charge in [0.15, 0.2) is 0 Å². The molecule has 1 amide bonds. The second-order valence-corrected chi connectivity index (χ2v) is 9.15. The lowest BCUT2D eigenvalue weighted by Gasteiger charge is -2.37. The third-order valence-corrected chi connectivity index (χ3v) is 7.12. The van der Waals surface area contributed by atoms with E-state index in [4.69, 9.17) is 0 Å². The summed E-state index contributed by atoms with van der Waals surface area (Å²) in [6.45, 7) is 6.37. The van der Waals surface area contributed by atoms with Crippen LogP contribution < -0.4 is 10.6 Å². The second-order valence-electron chi connectivity index (χ2n) is 9.15. The Morgan fingerprint density at radius 1 is 1.18 bits per heavy atom. The molecule has 2 unspecified atom stereocenters. The molecule has 2 atom stereocenters. The minimum absolute atomic E-state index is 0.186. The lowest BCUT2D eigenvalue weighted by atomic mass is 9.77. The SMILES string of the molecule is CCn1ncnc1C1C2=CCNC(=O)c3cc(F)cc(c32)NC1c1ccc(CN2CCC2)cc1. The van der Waals surface area contributed by atoms with Crippen LogP contribution in [-0.2, 0) is 13.1 Å². The molecule has 0 saturated carbocycles. The summed E-state index contributed by atoms with van der Waals surface area (Å²) >= 11 is 0. The van der Waals surface area contributed by atoms with Gasteiger partial charge in [0.05, 0.1) is 17.5 Å². The Morgan fingerprint density at radius 2 is 2.00 bits per heavy atom. The molecule has 0 spiro atoms. The zero-order chi connectivity index (χ0) is 23.2. The average molecular weight is 459 g/mol. The van der Waals surface area contributed by atoms with E-state index in [0.717, 1.165) is 42.2 Å². The van der Waals surface area contributed by atoms with Crippen molar-refractivity contribution in [1.82, 2.24) is 25.0 Å². The number of amides is 1. The highest BCUT2D eigenvalue weighted by atomic mass is 19.1. The Kier molecular flexibility index (Phi) is 5.17. The van der Waals surface area contributed by atoms with E-state index in [1.165, 1.54) is 24.1 Å². The van der Waals surface area contributed by atoms with Crippen molar-refractivity contribution < 1.29 is 9.18 Å². The quantitative estimate of drug-likeness (QED) is 0.610. The molecule has 7 nitrogen and oxygen atoms in total. The molecule has 2 N–H and O–H groups in total. The van der Waals surface area contributed by atoms with Gasteiger partial charge in [-0.2, -0.15) is 5.10 Å². The molecule has 174 valence electrons. The fraction of sp³-hybridized carbons (Fsp3) is 0.346.